The van der Waals surface area contributed by atoms with E-state index in [9.17, 15) is 9.59 Å². The number of ketones is 1. The van der Waals surface area contributed by atoms with E-state index in [4.69, 9.17) is 0 Å². The number of carbonyl (C=O) groups is 2. The molecule has 3 aromatic rings. The highest BCUT2D eigenvalue weighted by Crippen LogP contribution is 2.47. The maximum Gasteiger partial charge on any atom is 0.256 e. The fourth-order valence-corrected chi connectivity index (χ4v) is 5.99. The second-order valence-electron chi connectivity index (χ2n) is 10.4. The van der Waals surface area contributed by atoms with E-state index < -0.39 is 5.92 Å². The Morgan fingerprint density at radius 2 is 1.83 bits per heavy atom. The van der Waals surface area contributed by atoms with Crippen LogP contribution in [0.1, 0.15) is 45.1 Å². The van der Waals surface area contributed by atoms with Crippen LogP contribution in [0.2, 0.25) is 0 Å². The molecule has 2 aromatic carbocycles. The van der Waals surface area contributed by atoms with E-state index in [-0.39, 0.29) is 17.1 Å². The smallest absolute Gasteiger partial charge is 0.256 e. The molecule has 0 spiro atoms. The van der Waals surface area contributed by atoms with E-state index in [1.54, 1.807) is 0 Å². The molecule has 0 radical (unpaired) electrons. The first-order chi connectivity index (χ1) is 16.6. The number of nitrogens with one attached hydrogen (secondary N) is 2. The van der Waals surface area contributed by atoms with E-state index in [1.807, 2.05) is 74.4 Å². The number of dihydropyridines is 1. The number of benzene rings is 2. The van der Waals surface area contributed by atoms with Gasteiger partial charge in [0.05, 0.1) is 10.2 Å². The van der Waals surface area contributed by atoms with Gasteiger partial charge in [-0.15, -0.1) is 0 Å². The van der Waals surface area contributed by atoms with Crippen LogP contribution < -0.4 is 15.5 Å². The van der Waals surface area contributed by atoms with Crippen molar-refractivity contribution in [1.29, 1.82) is 0 Å². The third-order valence-electron chi connectivity index (χ3n) is 6.74. The molecule has 6 nitrogen and oxygen atoms in total. The zero-order valence-electron chi connectivity index (χ0n) is 20.7. The summed E-state index contributed by atoms with van der Waals surface area (Å²) in [5.41, 5.74) is 5.71. The number of allylic oxidation sites excluding steroid dienone is 3. The molecule has 1 aliphatic carbocycles. The number of thiazole rings is 1. The molecule has 1 aliphatic heterocycles. The number of nitrogens with zero attached hydrogens (tertiary/aromatic N) is 2. The Balaban J connectivity index is 1.57. The number of hydrogen-bond donors (Lipinski definition) is 2. The normalized spacial score (nSPS) is 19.5. The first kappa shape index (κ1) is 23.3. The monoisotopic (exact) mass is 486 g/mol. The van der Waals surface area contributed by atoms with Crippen molar-refractivity contribution in [3.8, 4) is 0 Å². The third-order valence-corrected chi connectivity index (χ3v) is 7.69. The van der Waals surface area contributed by atoms with Gasteiger partial charge in [0.1, 0.15) is 0 Å². The van der Waals surface area contributed by atoms with Crippen LogP contribution in [-0.2, 0) is 9.59 Å². The lowest BCUT2D eigenvalue weighted by Crippen LogP contribution is -2.39. The van der Waals surface area contributed by atoms with Gasteiger partial charge in [0.15, 0.2) is 10.9 Å². The molecule has 2 aliphatic rings. The lowest BCUT2D eigenvalue weighted by Gasteiger charge is -2.39. The van der Waals surface area contributed by atoms with Crippen LogP contribution >= 0.6 is 11.3 Å². The lowest BCUT2D eigenvalue weighted by atomic mass is 9.68. The lowest BCUT2D eigenvalue weighted by molar-refractivity contribution is -0.118. The molecule has 7 heteroatoms. The minimum Gasteiger partial charge on any atom is -0.378 e. The molecule has 1 unspecified atom stereocenters. The number of aromatic nitrogens is 1. The summed E-state index contributed by atoms with van der Waals surface area (Å²) in [4.78, 5) is 33.8. The van der Waals surface area contributed by atoms with Crippen molar-refractivity contribution < 1.29 is 9.59 Å². The highest BCUT2D eigenvalue weighted by molar-refractivity contribution is 7.22. The van der Waals surface area contributed by atoms with Gasteiger partial charge in [-0.05, 0) is 48.6 Å². The van der Waals surface area contributed by atoms with Gasteiger partial charge in [-0.3, -0.25) is 14.9 Å². The summed E-state index contributed by atoms with van der Waals surface area (Å²) in [5, 5.41) is 7.00. The second-order valence-corrected chi connectivity index (χ2v) is 11.4. The van der Waals surface area contributed by atoms with Crippen LogP contribution in [0.4, 0.5) is 10.8 Å². The van der Waals surface area contributed by atoms with Gasteiger partial charge in [0.2, 0.25) is 0 Å². The van der Waals surface area contributed by atoms with Gasteiger partial charge in [0, 0.05) is 54.7 Å². The number of para-hydroxylation sites is 1. The minimum atomic E-state index is -0.430. The number of rotatable bonds is 4. The van der Waals surface area contributed by atoms with Crippen LogP contribution in [-0.4, -0.2) is 30.8 Å². The molecule has 2 N–H and O–H groups in total. The standard InChI is InChI=1S/C28H30N4O2S/c1-16-23(26(34)31-27-30-19-8-6-7-9-22(19)35-27)24(17-10-12-18(13-11-17)32(4)5)25-20(29-16)14-28(2,3)15-21(25)33/h6-13,24,29H,14-15H2,1-5H3,(H,30,31,34). The molecule has 2 heterocycles. The topological polar surface area (TPSA) is 74.3 Å². The molecule has 0 fully saturated rings. The van der Waals surface area contributed by atoms with Gasteiger partial charge in [-0.2, -0.15) is 0 Å². The highest BCUT2D eigenvalue weighted by Gasteiger charge is 2.42. The predicted octanol–water partition coefficient (Wildman–Crippen LogP) is 5.61. The van der Waals surface area contributed by atoms with Crippen molar-refractivity contribution in [2.24, 2.45) is 5.41 Å². The first-order valence-electron chi connectivity index (χ1n) is 11.8. The second kappa shape index (κ2) is 8.64. The predicted molar refractivity (Wildman–Crippen MR) is 143 cm³/mol. The van der Waals surface area contributed by atoms with Crippen molar-refractivity contribution in [2.45, 2.75) is 39.5 Å². The molecule has 0 saturated heterocycles. The maximum absolute atomic E-state index is 13.7. The average Bonchev–Trinajstić information content (AvgIpc) is 3.19. The molecule has 1 atom stereocenters. The van der Waals surface area contributed by atoms with Crippen molar-refractivity contribution in [3.05, 3.63) is 76.6 Å². The molecule has 180 valence electrons. The summed E-state index contributed by atoms with van der Waals surface area (Å²) in [5.74, 6) is -0.566. The van der Waals surface area contributed by atoms with E-state index in [0.717, 1.165) is 39.3 Å². The zero-order chi connectivity index (χ0) is 24.9. The Kier molecular flexibility index (Phi) is 5.75. The van der Waals surface area contributed by atoms with Gasteiger partial charge in [-0.1, -0.05) is 49.4 Å². The van der Waals surface area contributed by atoms with Gasteiger partial charge >= 0.3 is 0 Å². The number of amides is 1. The summed E-state index contributed by atoms with van der Waals surface area (Å²) >= 11 is 1.45. The maximum atomic E-state index is 13.7. The van der Waals surface area contributed by atoms with Crippen molar-refractivity contribution in [1.82, 2.24) is 10.3 Å². The molecule has 1 aromatic heterocycles. The summed E-state index contributed by atoms with van der Waals surface area (Å²) in [6, 6.07) is 15.9. The molecule has 1 amide bonds. The van der Waals surface area contributed by atoms with Crippen molar-refractivity contribution >= 4 is 44.1 Å². The summed E-state index contributed by atoms with van der Waals surface area (Å²) in [7, 11) is 3.99. The molecular weight excluding hydrogens is 456 g/mol. The molecule has 5 rings (SSSR count). The van der Waals surface area contributed by atoms with E-state index >= 15 is 0 Å². The van der Waals surface area contributed by atoms with E-state index in [2.05, 4.69) is 29.5 Å². The fraction of sp³-hybridized carbons (Fsp3) is 0.321. The summed E-state index contributed by atoms with van der Waals surface area (Å²) in [6.07, 6.45) is 1.23. The minimum absolute atomic E-state index is 0.100. The van der Waals surface area contributed by atoms with Crippen molar-refractivity contribution in [2.75, 3.05) is 24.3 Å². The number of anilines is 2. The summed E-state index contributed by atoms with van der Waals surface area (Å²) in [6.45, 7) is 6.15. The quantitative estimate of drug-likeness (QED) is 0.502. The first-order valence-corrected chi connectivity index (χ1v) is 12.6. The molecular formula is C28H30N4O2S. The zero-order valence-corrected chi connectivity index (χ0v) is 21.5. The molecule has 0 bridgehead atoms. The Labute approximate surface area is 209 Å². The number of Topliss-reactive ketones (excluding diaryl/α,β-unsaturated/α-hetero) is 1. The van der Waals surface area contributed by atoms with Gasteiger partial charge in [0.25, 0.3) is 5.91 Å². The fourth-order valence-electron chi connectivity index (χ4n) is 5.13. The SMILES string of the molecule is CC1=C(C(=O)Nc2nc3ccccc3s2)C(c2ccc(N(C)C)cc2)C2=C(CC(C)(C)CC2=O)N1. The van der Waals surface area contributed by atoms with E-state index in [1.165, 1.54) is 11.3 Å². The number of hydrogen-bond acceptors (Lipinski definition) is 6. The Morgan fingerprint density at radius 3 is 2.51 bits per heavy atom. The Hall–Kier alpha value is -3.45. The highest BCUT2D eigenvalue weighted by atomic mass is 32.1. The number of carbonyl (C=O) groups excluding carboxylic acids is 2. The van der Waals surface area contributed by atoms with Crippen molar-refractivity contribution in [3.63, 3.8) is 0 Å². The van der Waals surface area contributed by atoms with Crippen LogP contribution in [0.25, 0.3) is 10.2 Å². The largest absolute Gasteiger partial charge is 0.378 e. The average molecular weight is 487 g/mol. The van der Waals surface area contributed by atoms with Gasteiger partial charge in [-0.25, -0.2) is 4.98 Å². The van der Waals surface area contributed by atoms with Crippen LogP contribution in [0.15, 0.2) is 71.1 Å². The molecule has 35 heavy (non-hydrogen) atoms. The summed E-state index contributed by atoms with van der Waals surface area (Å²) < 4.78 is 1.01. The third kappa shape index (κ3) is 4.36. The van der Waals surface area contributed by atoms with Gasteiger partial charge < -0.3 is 10.2 Å². The Morgan fingerprint density at radius 1 is 1.11 bits per heavy atom. The van der Waals surface area contributed by atoms with Crippen LogP contribution in [0.5, 0.6) is 0 Å². The van der Waals surface area contributed by atoms with Crippen LogP contribution in [0, 0.1) is 5.41 Å². The number of fused-ring (bicyclic) bond motifs is 1. The van der Waals surface area contributed by atoms with Crippen LogP contribution in [0.3, 0.4) is 0 Å². The molecule has 0 saturated carbocycles. The Bertz CT molecular complexity index is 1360. The van der Waals surface area contributed by atoms with E-state index in [0.29, 0.717) is 22.7 Å².